The monoisotopic (exact) mass is 355 g/mol. The third-order valence-electron chi connectivity index (χ3n) is 4.34. The first-order chi connectivity index (χ1) is 12.2. The van der Waals surface area contributed by atoms with Crippen molar-refractivity contribution in [3.8, 4) is 5.82 Å². The summed E-state index contributed by atoms with van der Waals surface area (Å²) >= 11 is 6.10. The van der Waals surface area contributed by atoms with Crippen LogP contribution in [0.15, 0.2) is 49.3 Å². The van der Waals surface area contributed by atoms with Gasteiger partial charge in [0.05, 0.1) is 0 Å². The van der Waals surface area contributed by atoms with Gasteiger partial charge in [0, 0.05) is 49.3 Å². The maximum atomic E-state index is 6.32. The number of halogens is 1. The van der Waals surface area contributed by atoms with Crippen molar-refractivity contribution < 1.29 is 0 Å². The van der Waals surface area contributed by atoms with E-state index in [1.807, 2.05) is 24.4 Å². The van der Waals surface area contributed by atoms with Crippen LogP contribution in [0.25, 0.3) is 5.82 Å². The molecule has 1 saturated heterocycles. The number of anilines is 3. The van der Waals surface area contributed by atoms with Crippen LogP contribution in [-0.4, -0.2) is 45.7 Å². The molecular formula is C17H18ClN7. The molecule has 8 heteroatoms. The second-order valence-electron chi connectivity index (χ2n) is 5.86. The van der Waals surface area contributed by atoms with E-state index >= 15 is 0 Å². The molecule has 25 heavy (non-hydrogen) atoms. The van der Waals surface area contributed by atoms with Gasteiger partial charge in [0.25, 0.3) is 0 Å². The van der Waals surface area contributed by atoms with Gasteiger partial charge in [-0.2, -0.15) is 0 Å². The molecule has 3 heterocycles. The summed E-state index contributed by atoms with van der Waals surface area (Å²) in [7, 11) is 0. The number of nitrogens with zero attached hydrogens (tertiary/aromatic N) is 6. The summed E-state index contributed by atoms with van der Waals surface area (Å²) in [5.74, 6) is 1.42. The van der Waals surface area contributed by atoms with Crippen molar-refractivity contribution in [3.05, 3.63) is 54.3 Å². The van der Waals surface area contributed by atoms with Gasteiger partial charge in [0.15, 0.2) is 11.6 Å². The van der Waals surface area contributed by atoms with E-state index < -0.39 is 0 Å². The largest absolute Gasteiger partial charge is 0.393 e. The van der Waals surface area contributed by atoms with E-state index in [1.54, 1.807) is 23.4 Å². The Morgan fingerprint density at radius 2 is 1.76 bits per heavy atom. The maximum Gasteiger partial charge on any atom is 0.166 e. The van der Waals surface area contributed by atoms with Crippen LogP contribution in [-0.2, 0) is 0 Å². The van der Waals surface area contributed by atoms with Crippen LogP contribution in [0.4, 0.5) is 17.2 Å². The fourth-order valence-corrected chi connectivity index (χ4v) is 3.25. The summed E-state index contributed by atoms with van der Waals surface area (Å²) in [6, 6.07) is 7.94. The molecule has 1 aliphatic rings. The molecule has 0 saturated carbocycles. The summed E-state index contributed by atoms with van der Waals surface area (Å²) in [5.41, 5.74) is 8.03. The Labute approximate surface area is 150 Å². The van der Waals surface area contributed by atoms with Crippen molar-refractivity contribution >= 4 is 28.8 Å². The fourth-order valence-electron chi connectivity index (χ4n) is 3.07. The molecule has 0 aliphatic carbocycles. The van der Waals surface area contributed by atoms with Crippen LogP contribution in [0.2, 0.25) is 5.02 Å². The van der Waals surface area contributed by atoms with Crippen LogP contribution in [0.1, 0.15) is 0 Å². The van der Waals surface area contributed by atoms with E-state index in [0.29, 0.717) is 11.5 Å². The zero-order chi connectivity index (χ0) is 17.2. The van der Waals surface area contributed by atoms with Crippen molar-refractivity contribution in [2.75, 3.05) is 41.7 Å². The highest BCUT2D eigenvalue weighted by atomic mass is 35.5. The Morgan fingerprint density at radius 1 is 1.00 bits per heavy atom. The zero-order valence-electron chi connectivity index (χ0n) is 13.6. The molecule has 3 aromatic rings. The minimum absolute atomic E-state index is 0.566. The van der Waals surface area contributed by atoms with Gasteiger partial charge in [-0.1, -0.05) is 17.7 Å². The topological polar surface area (TPSA) is 76.1 Å². The number of imidazole rings is 1. The van der Waals surface area contributed by atoms with E-state index in [2.05, 4.69) is 30.8 Å². The van der Waals surface area contributed by atoms with Gasteiger partial charge in [0.2, 0.25) is 0 Å². The molecule has 4 rings (SSSR count). The lowest BCUT2D eigenvalue weighted by molar-refractivity contribution is 0.647. The zero-order valence-corrected chi connectivity index (χ0v) is 14.3. The van der Waals surface area contributed by atoms with Gasteiger partial charge in [-0.25, -0.2) is 15.0 Å². The van der Waals surface area contributed by atoms with Crippen molar-refractivity contribution in [3.63, 3.8) is 0 Å². The van der Waals surface area contributed by atoms with E-state index in [9.17, 15) is 0 Å². The fraction of sp³-hybridized carbons (Fsp3) is 0.235. The van der Waals surface area contributed by atoms with Gasteiger partial charge in [-0.15, -0.1) is 0 Å². The van der Waals surface area contributed by atoms with Gasteiger partial charge >= 0.3 is 0 Å². The Kier molecular flexibility index (Phi) is 4.15. The molecule has 2 aromatic heterocycles. The number of nitrogens with two attached hydrogens (primary N) is 1. The third kappa shape index (κ3) is 3.10. The average molecular weight is 356 g/mol. The first kappa shape index (κ1) is 15.7. The summed E-state index contributed by atoms with van der Waals surface area (Å²) in [6.45, 7) is 3.42. The normalized spacial score (nSPS) is 14.8. The third-order valence-corrected chi connectivity index (χ3v) is 4.58. The molecular weight excluding hydrogens is 338 g/mol. The molecule has 1 fully saturated rings. The van der Waals surface area contributed by atoms with E-state index in [4.69, 9.17) is 17.3 Å². The highest BCUT2D eigenvalue weighted by Gasteiger charge is 2.22. The quantitative estimate of drug-likeness (QED) is 0.776. The lowest BCUT2D eigenvalue weighted by Crippen LogP contribution is -2.47. The number of hydrogen-bond acceptors (Lipinski definition) is 6. The minimum Gasteiger partial charge on any atom is -0.393 e. The molecule has 1 aliphatic heterocycles. The van der Waals surface area contributed by atoms with E-state index in [-0.39, 0.29) is 0 Å². The van der Waals surface area contributed by atoms with Crippen LogP contribution >= 0.6 is 11.6 Å². The smallest absolute Gasteiger partial charge is 0.166 e. The molecule has 128 valence electrons. The predicted octanol–water partition coefficient (Wildman–Crippen LogP) is 2.22. The van der Waals surface area contributed by atoms with Gasteiger partial charge in [0.1, 0.15) is 18.3 Å². The first-order valence-corrected chi connectivity index (χ1v) is 8.44. The number of benzene rings is 1. The molecule has 0 atom stereocenters. The minimum atomic E-state index is 0.566. The SMILES string of the molecule is Nc1c(N2CCN(c3cccc(Cl)c3)CC2)ncnc1-n1ccnc1. The number of rotatable bonds is 3. The van der Waals surface area contributed by atoms with Crippen LogP contribution in [0, 0.1) is 0 Å². The van der Waals surface area contributed by atoms with Gasteiger partial charge in [-0.3, -0.25) is 4.57 Å². The molecule has 1 aromatic carbocycles. The maximum absolute atomic E-state index is 6.32. The molecule has 0 spiro atoms. The lowest BCUT2D eigenvalue weighted by Gasteiger charge is -2.37. The Morgan fingerprint density at radius 3 is 2.48 bits per heavy atom. The average Bonchev–Trinajstić information content (AvgIpc) is 3.17. The molecule has 0 bridgehead atoms. The van der Waals surface area contributed by atoms with E-state index in [1.165, 1.54) is 0 Å². The summed E-state index contributed by atoms with van der Waals surface area (Å²) in [4.78, 5) is 17.2. The lowest BCUT2D eigenvalue weighted by atomic mass is 10.2. The van der Waals surface area contributed by atoms with Crippen molar-refractivity contribution in [2.24, 2.45) is 0 Å². The second-order valence-corrected chi connectivity index (χ2v) is 6.29. The number of nitrogen functional groups attached to an aromatic ring is 1. The molecule has 0 amide bonds. The Hall–Kier alpha value is -2.80. The van der Waals surface area contributed by atoms with Crippen molar-refractivity contribution in [1.29, 1.82) is 0 Å². The molecule has 0 unspecified atom stereocenters. The van der Waals surface area contributed by atoms with Crippen LogP contribution < -0.4 is 15.5 Å². The predicted molar refractivity (Wildman–Crippen MR) is 99.4 cm³/mol. The van der Waals surface area contributed by atoms with Crippen LogP contribution in [0.3, 0.4) is 0 Å². The molecule has 7 nitrogen and oxygen atoms in total. The van der Waals surface area contributed by atoms with Crippen molar-refractivity contribution in [2.45, 2.75) is 0 Å². The highest BCUT2D eigenvalue weighted by Crippen LogP contribution is 2.27. The molecule has 0 radical (unpaired) electrons. The van der Waals surface area contributed by atoms with Crippen LogP contribution in [0.5, 0.6) is 0 Å². The molecule has 2 N–H and O–H groups in total. The Bertz CT molecular complexity index is 857. The van der Waals surface area contributed by atoms with Crippen molar-refractivity contribution in [1.82, 2.24) is 19.5 Å². The highest BCUT2D eigenvalue weighted by molar-refractivity contribution is 6.30. The second kappa shape index (κ2) is 6.60. The Balaban J connectivity index is 1.52. The van der Waals surface area contributed by atoms with Gasteiger partial charge in [-0.05, 0) is 18.2 Å². The number of aromatic nitrogens is 4. The van der Waals surface area contributed by atoms with E-state index in [0.717, 1.165) is 42.7 Å². The number of piperazine rings is 1. The number of hydrogen-bond donors (Lipinski definition) is 1. The standard InChI is InChI=1S/C17H18ClN7/c18-13-2-1-3-14(10-13)23-6-8-24(9-7-23)16-15(19)17(22-11-21-16)25-5-4-20-12-25/h1-5,10-12H,6-9,19H2. The summed E-state index contributed by atoms with van der Waals surface area (Å²) in [5, 5.41) is 0.755. The summed E-state index contributed by atoms with van der Waals surface area (Å²) in [6.07, 6.45) is 6.74. The first-order valence-electron chi connectivity index (χ1n) is 8.06. The van der Waals surface area contributed by atoms with Gasteiger partial charge < -0.3 is 15.5 Å². The summed E-state index contributed by atoms with van der Waals surface area (Å²) < 4.78 is 1.79.